The number of ketones is 1. The molecule has 0 spiro atoms. The first-order valence-corrected chi connectivity index (χ1v) is 19.1. The minimum atomic E-state index is -1.52. The van der Waals surface area contributed by atoms with Crippen molar-refractivity contribution < 1.29 is 18.0 Å². The van der Waals surface area contributed by atoms with Gasteiger partial charge in [-0.2, -0.15) is 38.6 Å². The van der Waals surface area contributed by atoms with Gasteiger partial charge in [-0.3, -0.25) is 4.79 Å². The summed E-state index contributed by atoms with van der Waals surface area (Å²) in [5.41, 5.74) is 7.03. The molecule has 0 saturated heterocycles. The summed E-state index contributed by atoms with van der Waals surface area (Å²) in [4.78, 5) is 13.5. The Morgan fingerprint density at radius 1 is 0.491 bits per heavy atom. The summed E-state index contributed by atoms with van der Waals surface area (Å²) in [6, 6.07) is 57.7. The van der Waals surface area contributed by atoms with E-state index in [1.807, 2.05) is 66.7 Å². The molecule has 7 heteroatoms. The minimum Gasteiger partial charge on any atom is -0.298 e. The van der Waals surface area contributed by atoms with Gasteiger partial charge in [-0.25, -0.2) is 13.2 Å². The van der Waals surface area contributed by atoms with Crippen LogP contribution in [0.2, 0.25) is 17.2 Å². The predicted molar refractivity (Wildman–Crippen MR) is 228 cm³/mol. The Bertz CT molecular complexity index is 2060. The number of carbonyl (C=O) groups excluding carboxylic acids is 1. The van der Waals surface area contributed by atoms with Crippen molar-refractivity contribution in [1.82, 2.24) is 0 Å². The van der Waals surface area contributed by atoms with Gasteiger partial charge in [0.05, 0.1) is 12.3 Å². The van der Waals surface area contributed by atoms with Crippen LogP contribution in [0.4, 0.5) is 13.2 Å². The van der Waals surface area contributed by atoms with E-state index in [2.05, 4.69) is 50.2 Å². The second kappa shape index (κ2) is 17.7. The lowest BCUT2D eigenvalue weighted by atomic mass is 9.10. The van der Waals surface area contributed by atoms with Crippen LogP contribution in [0.5, 0.6) is 0 Å². The van der Waals surface area contributed by atoms with Crippen molar-refractivity contribution >= 4 is 62.5 Å². The highest BCUT2D eigenvalue weighted by atomic mass is 35.5. The molecule has 0 aromatic heterocycles. The minimum absolute atomic E-state index is 0.109. The van der Waals surface area contributed by atoms with Crippen molar-refractivity contribution in [2.45, 2.75) is 32.4 Å². The fourth-order valence-electron chi connectivity index (χ4n) is 8.52. The zero-order valence-corrected chi connectivity index (χ0v) is 31.7. The van der Waals surface area contributed by atoms with Crippen molar-refractivity contribution in [1.29, 1.82) is 0 Å². The molecule has 0 heterocycles. The monoisotopic (exact) mass is 748 g/mol. The standard InChI is InChI=1S/C26H21BClO.C22H21BF3/c28-25-18-16-21(17-19-25)26(29)20-27(22-10-4-1-5-11-22,23-12-6-2-7-13-23)24-14-8-3-9-15-24;1-3-16(2)23(17-4-10-20(24)11-5-17,18-6-12-21(25)13-7-18)19-8-14-22(26)15-9-19/h1-19H,20H2;4-16H,3H2,1-2H3/q2*-1. The van der Waals surface area contributed by atoms with Crippen molar-refractivity contribution in [3.63, 3.8) is 0 Å². The Morgan fingerprint density at radius 3 is 1.13 bits per heavy atom. The number of Topliss-reactive ketones (excluding diaryl/α,β-unsaturated/α-hetero) is 1. The molecular formula is C48H42B2ClF3O-2. The van der Waals surface area contributed by atoms with Gasteiger partial charge in [-0.05, 0) is 48.5 Å². The molecule has 0 amide bonds. The van der Waals surface area contributed by atoms with Crippen LogP contribution in [-0.4, -0.2) is 18.1 Å². The van der Waals surface area contributed by atoms with Crippen LogP contribution >= 0.6 is 11.6 Å². The molecule has 7 aromatic carbocycles. The molecule has 1 nitrogen and oxygen atoms in total. The quantitative estimate of drug-likeness (QED) is 0.0954. The largest absolute Gasteiger partial charge is 0.298 e. The summed E-state index contributed by atoms with van der Waals surface area (Å²) in [6.07, 6.45) is -1.74. The van der Waals surface area contributed by atoms with Crippen molar-refractivity contribution in [3.8, 4) is 0 Å². The van der Waals surface area contributed by atoms with E-state index in [1.54, 1.807) is 48.5 Å². The van der Waals surface area contributed by atoms with Crippen LogP contribution in [0.25, 0.3) is 0 Å². The lowest BCUT2D eigenvalue weighted by Crippen LogP contribution is -2.69. The van der Waals surface area contributed by atoms with Crippen molar-refractivity contribution in [2.24, 2.45) is 0 Å². The van der Waals surface area contributed by atoms with Crippen molar-refractivity contribution in [2.75, 3.05) is 0 Å². The molecule has 1 atom stereocenters. The summed E-state index contributed by atoms with van der Waals surface area (Å²) < 4.78 is 40.7. The van der Waals surface area contributed by atoms with E-state index >= 15 is 0 Å². The molecule has 7 rings (SSSR count). The Labute approximate surface area is 327 Å². The fraction of sp³-hybridized carbons (Fsp3) is 0.104. The van der Waals surface area contributed by atoms with E-state index in [9.17, 15) is 18.0 Å². The SMILES string of the molecule is CCC(C)[B-](c1ccc(F)cc1)(c1ccc(F)cc1)c1ccc(F)cc1.O=C(C[B-](c1ccccc1)(c1ccccc1)c1ccccc1)c1ccc(Cl)cc1. The molecule has 276 valence electrons. The van der Waals surface area contributed by atoms with Gasteiger partial charge >= 0.3 is 0 Å². The average molecular weight is 749 g/mol. The fourth-order valence-corrected chi connectivity index (χ4v) is 8.65. The topological polar surface area (TPSA) is 17.1 Å². The second-order valence-electron chi connectivity index (χ2n) is 14.4. The van der Waals surface area contributed by atoms with Gasteiger partial charge in [0.1, 0.15) is 23.2 Å². The lowest BCUT2D eigenvalue weighted by Gasteiger charge is -2.48. The molecule has 0 saturated carbocycles. The average Bonchev–Trinajstić information content (AvgIpc) is 3.23. The zero-order chi connectivity index (χ0) is 38.8. The first-order valence-electron chi connectivity index (χ1n) is 18.7. The third-order valence-corrected chi connectivity index (χ3v) is 11.7. The van der Waals surface area contributed by atoms with Gasteiger partial charge < -0.3 is 0 Å². The maximum absolute atomic E-state index is 13.6. The summed E-state index contributed by atoms with van der Waals surface area (Å²) in [5, 5.41) is 0.632. The van der Waals surface area contributed by atoms with E-state index in [0.717, 1.165) is 39.2 Å². The van der Waals surface area contributed by atoms with Crippen LogP contribution in [0.3, 0.4) is 0 Å². The molecule has 0 aliphatic carbocycles. The number of benzene rings is 7. The van der Waals surface area contributed by atoms with Gasteiger partial charge in [-0.15, -0.1) is 6.32 Å². The van der Waals surface area contributed by atoms with Crippen LogP contribution in [0, 0.1) is 17.5 Å². The molecule has 7 aromatic rings. The molecule has 0 radical (unpaired) electrons. The summed E-state index contributed by atoms with van der Waals surface area (Å²) in [7, 11) is 0. The lowest BCUT2D eigenvalue weighted by molar-refractivity contribution is 0.101. The molecule has 1 unspecified atom stereocenters. The number of halogens is 4. The van der Waals surface area contributed by atoms with Crippen LogP contribution in [-0.2, 0) is 0 Å². The Kier molecular flexibility index (Phi) is 12.6. The number of carbonyl (C=O) groups is 1. The highest BCUT2D eigenvalue weighted by Crippen LogP contribution is 2.26. The van der Waals surface area contributed by atoms with Crippen LogP contribution in [0.1, 0.15) is 30.6 Å². The normalized spacial score (nSPS) is 12.0. The summed E-state index contributed by atoms with van der Waals surface area (Å²) in [6.45, 7) is 4.23. The highest BCUT2D eigenvalue weighted by molar-refractivity contribution is 7.13. The van der Waals surface area contributed by atoms with Gasteiger partial charge in [0, 0.05) is 10.6 Å². The van der Waals surface area contributed by atoms with E-state index < -0.39 is 12.3 Å². The van der Waals surface area contributed by atoms with Crippen LogP contribution < -0.4 is 32.8 Å². The molecule has 0 bridgehead atoms. The first-order chi connectivity index (χ1) is 26.7. The van der Waals surface area contributed by atoms with Gasteiger partial charge in [0.2, 0.25) is 0 Å². The summed E-state index contributed by atoms with van der Waals surface area (Å²) >= 11 is 6.03. The van der Waals surface area contributed by atoms with E-state index in [-0.39, 0.29) is 29.1 Å². The van der Waals surface area contributed by atoms with Gasteiger partial charge in [-0.1, -0.05) is 171 Å². The van der Waals surface area contributed by atoms with Gasteiger partial charge in [0.25, 0.3) is 0 Å². The first kappa shape index (κ1) is 39.1. The highest BCUT2D eigenvalue weighted by Gasteiger charge is 2.35. The predicted octanol–water partition coefficient (Wildman–Crippen LogP) is 9.07. The third-order valence-electron chi connectivity index (χ3n) is 11.4. The van der Waals surface area contributed by atoms with E-state index in [1.165, 1.54) is 36.4 Å². The number of hydrogen-bond donors (Lipinski definition) is 0. The molecule has 0 N–H and O–H groups in total. The van der Waals surface area contributed by atoms with E-state index in [4.69, 9.17) is 11.6 Å². The molecular weight excluding hydrogens is 707 g/mol. The maximum atomic E-state index is 13.6. The van der Waals surface area contributed by atoms with Crippen molar-refractivity contribution in [3.05, 3.63) is 216 Å². The van der Waals surface area contributed by atoms with Gasteiger partial charge in [0.15, 0.2) is 0 Å². The summed E-state index contributed by atoms with van der Waals surface area (Å²) in [5.74, 6) is -0.628. The maximum Gasteiger partial charge on any atom is 0.129 e. The zero-order valence-electron chi connectivity index (χ0n) is 31.0. The molecule has 0 aliphatic rings. The second-order valence-corrected chi connectivity index (χ2v) is 14.8. The Morgan fingerprint density at radius 2 is 0.818 bits per heavy atom. The van der Waals surface area contributed by atoms with Crippen LogP contribution in [0.15, 0.2) is 188 Å². The smallest absolute Gasteiger partial charge is 0.129 e. The van der Waals surface area contributed by atoms with E-state index in [0.29, 0.717) is 16.9 Å². The number of rotatable bonds is 11. The number of hydrogen-bond acceptors (Lipinski definition) is 1. The Balaban J connectivity index is 0.000000188. The molecule has 0 aliphatic heterocycles. The Hall–Kier alpha value is -5.58. The third kappa shape index (κ3) is 8.40. The molecule has 0 fully saturated rings. The molecule has 55 heavy (non-hydrogen) atoms.